The Morgan fingerprint density at radius 2 is 2.07 bits per heavy atom. The Balaban J connectivity index is 1.77. The summed E-state index contributed by atoms with van der Waals surface area (Å²) < 4.78 is 8.28. The molecule has 0 bridgehead atoms. The van der Waals surface area contributed by atoms with Crippen LogP contribution in [-0.4, -0.2) is 43.8 Å². The smallest absolute Gasteiger partial charge is 0.410 e. The first-order valence-corrected chi connectivity index (χ1v) is 12.3. The molecule has 0 saturated heterocycles. The molecule has 0 aromatic carbocycles. The zero-order valence-electron chi connectivity index (χ0n) is 18.0. The highest BCUT2D eigenvalue weighted by Crippen LogP contribution is 2.41. The molecule has 0 atom stereocenters. The van der Waals surface area contributed by atoms with Gasteiger partial charge in [0.15, 0.2) is 5.82 Å². The highest BCUT2D eigenvalue weighted by molar-refractivity contribution is 9.10. The maximum Gasteiger partial charge on any atom is 0.410 e. The molecule has 30 heavy (non-hydrogen) atoms. The maximum absolute atomic E-state index is 13.0. The average Bonchev–Trinajstić information content (AvgIpc) is 3.14. The molecule has 7 nitrogen and oxygen atoms in total. The van der Waals surface area contributed by atoms with Crippen LogP contribution in [0.15, 0.2) is 14.7 Å². The van der Waals surface area contributed by atoms with Gasteiger partial charge in [-0.1, -0.05) is 13.8 Å². The van der Waals surface area contributed by atoms with Crippen LogP contribution < -0.4 is 5.32 Å². The summed E-state index contributed by atoms with van der Waals surface area (Å²) in [6, 6.07) is 0. The van der Waals surface area contributed by atoms with E-state index in [1.54, 1.807) is 16.7 Å². The van der Waals surface area contributed by atoms with Gasteiger partial charge in [0.05, 0.1) is 17.1 Å². The Kier molecular flexibility index (Phi) is 6.88. The zero-order valence-corrected chi connectivity index (χ0v) is 21.3. The molecule has 2 aromatic heterocycles. The quantitative estimate of drug-likeness (QED) is 0.560. The Bertz CT molecular complexity index is 962. The average molecular weight is 515 g/mol. The molecule has 164 valence electrons. The van der Waals surface area contributed by atoms with Crippen LogP contribution in [0.4, 0.5) is 9.80 Å². The Hall–Kier alpha value is -1.52. The molecule has 3 heterocycles. The summed E-state index contributed by atoms with van der Waals surface area (Å²) in [6.45, 7) is 10.6. The summed E-state index contributed by atoms with van der Waals surface area (Å²) in [5.41, 5.74) is 1.17. The van der Waals surface area contributed by atoms with Gasteiger partial charge in [0.2, 0.25) is 0 Å². The third-order valence-corrected chi connectivity index (χ3v) is 7.74. The van der Waals surface area contributed by atoms with Crippen LogP contribution in [0, 0.1) is 0 Å². The lowest BCUT2D eigenvalue weighted by atomic mass is 10.1. The van der Waals surface area contributed by atoms with E-state index in [9.17, 15) is 9.59 Å². The number of fused-ring (bicyclic) bond motifs is 1. The van der Waals surface area contributed by atoms with Crippen LogP contribution >= 0.6 is 39.0 Å². The maximum atomic E-state index is 13.0. The predicted octanol–water partition coefficient (Wildman–Crippen LogP) is 5.29. The highest BCUT2D eigenvalue weighted by Gasteiger charge is 2.30. The number of thiophene rings is 1. The molecule has 3 rings (SSSR count). The minimum Gasteiger partial charge on any atom is -0.444 e. The van der Waals surface area contributed by atoms with E-state index in [0.29, 0.717) is 30.6 Å². The van der Waals surface area contributed by atoms with Crippen molar-refractivity contribution in [1.29, 1.82) is 0 Å². The normalized spacial score (nSPS) is 14.1. The van der Waals surface area contributed by atoms with E-state index in [1.165, 1.54) is 11.3 Å². The number of ether oxygens (including phenoxy) is 1. The molecule has 1 aliphatic rings. The third kappa shape index (κ3) is 5.20. The molecule has 2 aromatic rings. The van der Waals surface area contributed by atoms with Gasteiger partial charge in [0, 0.05) is 40.8 Å². The fraction of sp³-hybridized carbons (Fsp3) is 0.550. The van der Waals surface area contributed by atoms with E-state index in [-0.39, 0.29) is 12.0 Å². The topological polar surface area (TPSA) is 76.5 Å². The fourth-order valence-corrected chi connectivity index (χ4v) is 5.89. The second-order valence-corrected chi connectivity index (χ2v) is 11.7. The minimum absolute atomic E-state index is 0.254. The number of imidazole rings is 1. The lowest BCUT2D eigenvalue weighted by Crippen LogP contribution is -2.40. The van der Waals surface area contributed by atoms with E-state index < -0.39 is 5.60 Å². The van der Waals surface area contributed by atoms with Gasteiger partial charge < -0.3 is 19.5 Å². The summed E-state index contributed by atoms with van der Waals surface area (Å²) in [6.07, 6.45) is 0.272. The van der Waals surface area contributed by atoms with Crippen molar-refractivity contribution in [1.82, 2.24) is 14.5 Å². The van der Waals surface area contributed by atoms with Crippen LogP contribution in [0.3, 0.4) is 0 Å². The number of thioether (sulfide) groups is 1. The van der Waals surface area contributed by atoms with Crippen LogP contribution in [0.2, 0.25) is 0 Å². The lowest BCUT2D eigenvalue weighted by Gasteiger charge is -2.29. The highest BCUT2D eigenvalue weighted by atomic mass is 79.9. The van der Waals surface area contributed by atoms with Crippen molar-refractivity contribution in [2.45, 2.75) is 63.3 Å². The first-order chi connectivity index (χ1) is 14.0. The molecule has 0 unspecified atom stereocenters. The minimum atomic E-state index is -0.548. The number of hydrogen-bond acceptors (Lipinski definition) is 6. The number of halogens is 1. The number of hydrogen-bond donors (Lipinski definition) is 1. The molecule has 0 saturated carbocycles. The van der Waals surface area contributed by atoms with Crippen molar-refractivity contribution < 1.29 is 14.3 Å². The van der Waals surface area contributed by atoms with Crippen LogP contribution in [0.25, 0.3) is 0 Å². The predicted molar refractivity (Wildman–Crippen MR) is 125 cm³/mol. The van der Waals surface area contributed by atoms with Crippen molar-refractivity contribution in [3.8, 4) is 0 Å². The molecule has 0 spiro atoms. The number of amides is 2. The molecule has 0 radical (unpaired) electrons. The lowest BCUT2D eigenvalue weighted by molar-refractivity contribution is 0.0220. The van der Waals surface area contributed by atoms with Gasteiger partial charge >= 0.3 is 6.09 Å². The molecular formula is C20H27BrN4O3S2. The number of rotatable bonds is 4. The summed E-state index contributed by atoms with van der Waals surface area (Å²) >= 11 is 6.75. The first kappa shape index (κ1) is 23.1. The number of nitrogens with zero attached hydrogens (tertiary/aromatic N) is 3. The van der Waals surface area contributed by atoms with Crippen LogP contribution in [0.1, 0.15) is 56.6 Å². The van der Waals surface area contributed by atoms with Gasteiger partial charge in [-0.2, -0.15) is 0 Å². The van der Waals surface area contributed by atoms with Gasteiger partial charge in [0.1, 0.15) is 10.6 Å². The Labute approximate surface area is 193 Å². The van der Waals surface area contributed by atoms with Gasteiger partial charge in [-0.3, -0.25) is 4.79 Å². The monoisotopic (exact) mass is 514 g/mol. The van der Waals surface area contributed by atoms with E-state index in [0.717, 1.165) is 25.8 Å². The van der Waals surface area contributed by atoms with Gasteiger partial charge in [-0.05, 0) is 36.7 Å². The second kappa shape index (κ2) is 8.92. The summed E-state index contributed by atoms with van der Waals surface area (Å²) in [7, 11) is 1.85. The van der Waals surface area contributed by atoms with Gasteiger partial charge in [-0.25, -0.2) is 9.78 Å². The standard InChI is InChI=1S/C20H27BrN4O3S2/c1-11(2)30-15-12(21)10-29-18(15)23-17(26)16-22-13-9-25(8-7-14(13)24(16)6)19(27)28-20(3,4)5/h10-11H,7-9H2,1-6H3,(H,23,26). The van der Waals surface area contributed by atoms with Crippen molar-refractivity contribution >= 4 is 56.0 Å². The number of nitrogens with one attached hydrogen (secondary N) is 1. The fourth-order valence-electron chi connectivity index (χ4n) is 3.13. The molecule has 0 aliphatic carbocycles. The largest absolute Gasteiger partial charge is 0.444 e. The van der Waals surface area contributed by atoms with Crippen molar-refractivity contribution in [2.24, 2.45) is 7.05 Å². The van der Waals surface area contributed by atoms with Crippen LogP contribution in [0.5, 0.6) is 0 Å². The second-order valence-electron chi connectivity index (χ2n) is 8.40. The van der Waals surface area contributed by atoms with E-state index in [4.69, 9.17) is 4.74 Å². The van der Waals surface area contributed by atoms with Gasteiger partial charge in [0.25, 0.3) is 5.91 Å². The molecule has 10 heteroatoms. The number of aromatic nitrogens is 2. The summed E-state index contributed by atoms with van der Waals surface area (Å²) in [4.78, 5) is 32.6. The van der Waals surface area contributed by atoms with E-state index in [2.05, 4.69) is 40.1 Å². The zero-order chi connectivity index (χ0) is 22.2. The molecule has 2 amide bonds. The van der Waals surface area contributed by atoms with Crippen molar-refractivity contribution in [3.05, 3.63) is 27.1 Å². The van der Waals surface area contributed by atoms with Gasteiger partial charge in [-0.15, -0.1) is 23.1 Å². The van der Waals surface area contributed by atoms with E-state index in [1.807, 2.05) is 37.8 Å². The Morgan fingerprint density at radius 1 is 1.37 bits per heavy atom. The van der Waals surface area contributed by atoms with Crippen molar-refractivity contribution in [3.63, 3.8) is 0 Å². The van der Waals surface area contributed by atoms with Crippen LogP contribution in [-0.2, 0) is 24.8 Å². The van der Waals surface area contributed by atoms with Crippen molar-refractivity contribution in [2.75, 3.05) is 11.9 Å². The van der Waals surface area contributed by atoms with E-state index >= 15 is 0 Å². The summed E-state index contributed by atoms with van der Waals surface area (Å²) in [5, 5.41) is 6.18. The SMILES string of the molecule is CC(C)Sc1c(Br)csc1NC(=O)c1nc2c(n1C)CCN(C(=O)OC(C)(C)C)C2. The third-order valence-electron chi connectivity index (χ3n) is 4.39. The number of carbonyl (C=O) groups is 2. The molecule has 1 N–H and O–H groups in total. The number of anilines is 1. The Morgan fingerprint density at radius 3 is 2.70 bits per heavy atom. The molecular weight excluding hydrogens is 488 g/mol. The molecule has 0 fully saturated rings. The first-order valence-electron chi connectivity index (χ1n) is 9.73. The summed E-state index contributed by atoms with van der Waals surface area (Å²) in [5.74, 6) is 0.0896. The molecule has 1 aliphatic heterocycles. The number of carbonyl (C=O) groups excluding carboxylic acids is 2.